The highest BCUT2D eigenvalue weighted by Crippen LogP contribution is 2.30. The maximum Gasteiger partial charge on any atom is 0.0603 e. The van der Waals surface area contributed by atoms with Gasteiger partial charge < -0.3 is 10.5 Å². The zero-order chi connectivity index (χ0) is 8.81. The van der Waals surface area contributed by atoms with Crippen molar-refractivity contribution in [3.63, 3.8) is 0 Å². The Balaban J connectivity index is 2.20. The molecule has 2 N–H and O–H groups in total. The summed E-state index contributed by atoms with van der Waals surface area (Å²) < 4.78 is 5.76. The minimum atomic E-state index is 0.522. The summed E-state index contributed by atoms with van der Waals surface area (Å²) in [4.78, 5) is 0. The van der Waals surface area contributed by atoms with Gasteiger partial charge in [-0.2, -0.15) is 0 Å². The van der Waals surface area contributed by atoms with Crippen molar-refractivity contribution in [1.82, 2.24) is 0 Å². The molecule has 2 nitrogen and oxygen atoms in total. The molecule has 1 unspecified atom stereocenters. The molecule has 0 saturated heterocycles. The highest BCUT2D eigenvalue weighted by molar-refractivity contribution is 4.78. The molecule has 0 aromatic heterocycles. The topological polar surface area (TPSA) is 35.2 Å². The highest BCUT2D eigenvalue weighted by Gasteiger charge is 2.26. The van der Waals surface area contributed by atoms with Gasteiger partial charge in [0.2, 0.25) is 0 Å². The molecule has 1 aliphatic carbocycles. The first-order valence-electron chi connectivity index (χ1n) is 5.20. The van der Waals surface area contributed by atoms with Gasteiger partial charge in [-0.05, 0) is 38.1 Å². The molecule has 0 amide bonds. The Morgan fingerprint density at radius 3 is 2.92 bits per heavy atom. The van der Waals surface area contributed by atoms with Crippen LogP contribution in [0.15, 0.2) is 0 Å². The number of hydrogen-bond donors (Lipinski definition) is 1. The van der Waals surface area contributed by atoms with Crippen molar-refractivity contribution < 1.29 is 4.74 Å². The van der Waals surface area contributed by atoms with Crippen LogP contribution in [0.25, 0.3) is 0 Å². The van der Waals surface area contributed by atoms with Crippen LogP contribution in [0.1, 0.15) is 39.0 Å². The maximum atomic E-state index is 5.76. The zero-order valence-electron chi connectivity index (χ0n) is 8.09. The van der Waals surface area contributed by atoms with Crippen LogP contribution in [-0.4, -0.2) is 19.3 Å². The lowest BCUT2D eigenvalue weighted by Gasteiger charge is -2.18. The maximum absolute atomic E-state index is 5.76. The smallest absolute Gasteiger partial charge is 0.0603 e. The summed E-state index contributed by atoms with van der Waals surface area (Å²) in [5, 5.41) is 0. The van der Waals surface area contributed by atoms with E-state index in [0.717, 1.165) is 31.9 Å². The molecule has 0 heterocycles. The number of rotatable bonds is 5. The molecule has 12 heavy (non-hydrogen) atoms. The van der Waals surface area contributed by atoms with Crippen LogP contribution >= 0.6 is 0 Å². The number of ether oxygens (including phenoxy) is 1. The van der Waals surface area contributed by atoms with Crippen LogP contribution in [0.5, 0.6) is 0 Å². The van der Waals surface area contributed by atoms with Crippen LogP contribution in [0.3, 0.4) is 0 Å². The molecule has 0 spiro atoms. The first-order valence-corrected chi connectivity index (χ1v) is 5.20. The fraction of sp³-hybridized carbons (Fsp3) is 1.00. The van der Waals surface area contributed by atoms with E-state index in [-0.39, 0.29) is 0 Å². The van der Waals surface area contributed by atoms with E-state index in [1.54, 1.807) is 0 Å². The van der Waals surface area contributed by atoms with Crippen LogP contribution in [0, 0.1) is 5.92 Å². The van der Waals surface area contributed by atoms with Crippen molar-refractivity contribution in [2.45, 2.75) is 45.1 Å². The fourth-order valence-electron chi connectivity index (χ4n) is 2.04. The van der Waals surface area contributed by atoms with E-state index in [1.807, 2.05) is 0 Å². The minimum absolute atomic E-state index is 0.522. The average Bonchev–Trinajstić information content (AvgIpc) is 2.50. The Morgan fingerprint density at radius 2 is 2.25 bits per heavy atom. The molecule has 1 aliphatic rings. The van der Waals surface area contributed by atoms with Crippen LogP contribution in [0.4, 0.5) is 0 Å². The lowest BCUT2D eigenvalue weighted by molar-refractivity contribution is 0.0265. The quantitative estimate of drug-likeness (QED) is 0.686. The Kier molecular flexibility index (Phi) is 4.62. The lowest BCUT2D eigenvalue weighted by atomic mass is 10.0. The largest absolute Gasteiger partial charge is 0.378 e. The van der Waals surface area contributed by atoms with Gasteiger partial charge in [0.15, 0.2) is 0 Å². The summed E-state index contributed by atoms with van der Waals surface area (Å²) in [5.74, 6) is 0.751. The summed E-state index contributed by atoms with van der Waals surface area (Å²) in [6.07, 6.45) is 6.71. The predicted molar refractivity (Wildman–Crippen MR) is 51.0 cm³/mol. The Hall–Kier alpha value is -0.0800. The Morgan fingerprint density at radius 1 is 1.42 bits per heavy atom. The highest BCUT2D eigenvalue weighted by atomic mass is 16.5. The monoisotopic (exact) mass is 171 g/mol. The third-order valence-corrected chi connectivity index (χ3v) is 2.66. The van der Waals surface area contributed by atoms with Crippen molar-refractivity contribution >= 4 is 0 Å². The van der Waals surface area contributed by atoms with E-state index in [9.17, 15) is 0 Å². The molecule has 2 heteroatoms. The van der Waals surface area contributed by atoms with Gasteiger partial charge in [-0.3, -0.25) is 0 Å². The molecule has 0 aliphatic heterocycles. The molecular formula is C10H21NO. The Labute approximate surface area is 75.5 Å². The average molecular weight is 171 g/mol. The molecule has 0 aromatic rings. The molecular weight excluding hydrogens is 150 g/mol. The standard InChI is InChI=1S/C10H21NO/c1-2-8-12-10-5-3-4-9(10)6-7-11/h9-10H,2-8,11H2,1H3/t9-,10?/m1/s1. The summed E-state index contributed by atoms with van der Waals surface area (Å²) >= 11 is 0. The third-order valence-electron chi connectivity index (χ3n) is 2.66. The van der Waals surface area contributed by atoms with Crippen LogP contribution in [0.2, 0.25) is 0 Å². The number of nitrogens with two attached hydrogens (primary N) is 1. The molecule has 1 saturated carbocycles. The van der Waals surface area contributed by atoms with Crippen LogP contribution in [-0.2, 0) is 4.74 Å². The summed E-state index contributed by atoms with van der Waals surface area (Å²) in [6.45, 7) is 3.90. The Bertz CT molecular complexity index is 116. The van der Waals surface area contributed by atoms with E-state index in [2.05, 4.69) is 6.92 Å². The van der Waals surface area contributed by atoms with Crippen molar-refractivity contribution in [3.8, 4) is 0 Å². The van der Waals surface area contributed by atoms with Crippen molar-refractivity contribution in [1.29, 1.82) is 0 Å². The van der Waals surface area contributed by atoms with Crippen LogP contribution < -0.4 is 5.73 Å². The van der Waals surface area contributed by atoms with Gasteiger partial charge in [-0.1, -0.05) is 13.3 Å². The first kappa shape index (κ1) is 10.0. The van der Waals surface area contributed by atoms with Gasteiger partial charge >= 0.3 is 0 Å². The third kappa shape index (κ3) is 2.76. The SMILES string of the molecule is CCCOC1CCC[C@@H]1CCN. The fourth-order valence-corrected chi connectivity index (χ4v) is 2.04. The summed E-state index contributed by atoms with van der Waals surface area (Å²) in [7, 11) is 0. The normalized spacial score (nSPS) is 29.5. The van der Waals surface area contributed by atoms with Gasteiger partial charge in [0.05, 0.1) is 6.10 Å². The van der Waals surface area contributed by atoms with E-state index in [4.69, 9.17) is 10.5 Å². The van der Waals surface area contributed by atoms with Gasteiger partial charge in [-0.15, -0.1) is 0 Å². The molecule has 1 rings (SSSR count). The second-order valence-corrected chi connectivity index (χ2v) is 3.68. The van der Waals surface area contributed by atoms with E-state index < -0.39 is 0 Å². The minimum Gasteiger partial charge on any atom is -0.378 e. The second kappa shape index (κ2) is 5.55. The zero-order valence-corrected chi connectivity index (χ0v) is 8.09. The van der Waals surface area contributed by atoms with Gasteiger partial charge in [0.1, 0.15) is 0 Å². The lowest BCUT2D eigenvalue weighted by Crippen LogP contribution is -2.21. The molecule has 1 fully saturated rings. The predicted octanol–water partition coefficient (Wildman–Crippen LogP) is 1.93. The van der Waals surface area contributed by atoms with Crippen molar-refractivity contribution in [3.05, 3.63) is 0 Å². The molecule has 2 atom stereocenters. The first-order chi connectivity index (χ1) is 5.88. The molecule has 0 aromatic carbocycles. The van der Waals surface area contributed by atoms with E-state index in [0.29, 0.717) is 6.10 Å². The molecule has 72 valence electrons. The van der Waals surface area contributed by atoms with Crippen molar-refractivity contribution in [2.75, 3.05) is 13.2 Å². The molecule has 0 bridgehead atoms. The molecule has 0 radical (unpaired) electrons. The van der Waals surface area contributed by atoms with E-state index >= 15 is 0 Å². The van der Waals surface area contributed by atoms with E-state index in [1.165, 1.54) is 19.3 Å². The van der Waals surface area contributed by atoms with Crippen molar-refractivity contribution in [2.24, 2.45) is 11.7 Å². The second-order valence-electron chi connectivity index (χ2n) is 3.68. The summed E-state index contributed by atoms with van der Waals surface area (Å²) in [6, 6.07) is 0. The summed E-state index contributed by atoms with van der Waals surface area (Å²) in [5.41, 5.74) is 5.54. The van der Waals surface area contributed by atoms with Gasteiger partial charge in [0.25, 0.3) is 0 Å². The number of hydrogen-bond acceptors (Lipinski definition) is 2. The van der Waals surface area contributed by atoms with Gasteiger partial charge in [0, 0.05) is 6.61 Å². The van der Waals surface area contributed by atoms with Gasteiger partial charge in [-0.25, -0.2) is 0 Å².